The molecule has 0 aromatic carbocycles. The van der Waals surface area contributed by atoms with Gasteiger partial charge in [0, 0.05) is 39.8 Å². The van der Waals surface area contributed by atoms with Gasteiger partial charge in [-0.2, -0.15) is 11.8 Å². The Morgan fingerprint density at radius 1 is 1.24 bits per heavy atom. The van der Waals surface area contributed by atoms with Gasteiger partial charge >= 0.3 is 0 Å². The van der Waals surface area contributed by atoms with Crippen molar-refractivity contribution < 1.29 is 4.74 Å². The van der Waals surface area contributed by atoms with Crippen molar-refractivity contribution in [3.05, 3.63) is 0 Å². The first-order valence-corrected chi connectivity index (χ1v) is 8.82. The smallest absolute Gasteiger partial charge is 0.191 e. The number of rotatable bonds is 12. The summed E-state index contributed by atoms with van der Waals surface area (Å²) in [5.41, 5.74) is 0. The Balaban J connectivity index is 0. The minimum absolute atomic E-state index is 0. The summed E-state index contributed by atoms with van der Waals surface area (Å²) in [5, 5.41) is 6.65. The topological polar surface area (TPSA) is 48.9 Å². The molecule has 0 unspecified atom stereocenters. The Hall–Kier alpha value is 0.270. The number of guanidine groups is 1. The molecule has 0 heterocycles. The van der Waals surface area contributed by atoms with Gasteiger partial charge in [0.2, 0.25) is 0 Å². The number of hydrogen-bond acceptors (Lipinski definition) is 4. The van der Waals surface area contributed by atoms with E-state index in [1.807, 2.05) is 11.8 Å². The molecule has 21 heavy (non-hydrogen) atoms. The van der Waals surface area contributed by atoms with Crippen LogP contribution in [0.15, 0.2) is 4.99 Å². The molecule has 7 heteroatoms. The van der Waals surface area contributed by atoms with Crippen molar-refractivity contribution in [1.29, 1.82) is 0 Å². The van der Waals surface area contributed by atoms with Crippen molar-refractivity contribution in [2.75, 3.05) is 65.5 Å². The number of methoxy groups -OCH3 is 1. The average Bonchev–Trinajstić information content (AvgIpc) is 2.44. The summed E-state index contributed by atoms with van der Waals surface area (Å²) >= 11 is 1.90. The van der Waals surface area contributed by atoms with Gasteiger partial charge in [0.1, 0.15) is 0 Å². The van der Waals surface area contributed by atoms with Crippen LogP contribution in [0.3, 0.4) is 0 Å². The third-order valence-corrected chi connectivity index (χ3v) is 3.53. The monoisotopic (exact) mass is 432 g/mol. The van der Waals surface area contributed by atoms with E-state index in [1.165, 1.54) is 12.2 Å². The molecule has 128 valence electrons. The highest BCUT2D eigenvalue weighted by molar-refractivity contribution is 14.0. The third kappa shape index (κ3) is 16.5. The molecular formula is C14H33IN4OS. The van der Waals surface area contributed by atoms with Gasteiger partial charge in [-0.1, -0.05) is 0 Å². The Bertz CT molecular complexity index is 245. The number of nitrogens with zero attached hydrogens (tertiary/aromatic N) is 2. The zero-order valence-corrected chi connectivity index (χ0v) is 17.1. The normalized spacial score (nSPS) is 11.4. The van der Waals surface area contributed by atoms with E-state index in [0.29, 0.717) is 0 Å². The van der Waals surface area contributed by atoms with Crippen LogP contribution in [0.25, 0.3) is 0 Å². The molecule has 0 aliphatic rings. The summed E-state index contributed by atoms with van der Waals surface area (Å²) < 4.78 is 5.06. The van der Waals surface area contributed by atoms with Gasteiger partial charge < -0.3 is 20.3 Å². The molecule has 0 radical (unpaired) electrons. The van der Waals surface area contributed by atoms with Gasteiger partial charge in [-0.15, -0.1) is 24.0 Å². The van der Waals surface area contributed by atoms with E-state index >= 15 is 0 Å². The van der Waals surface area contributed by atoms with Crippen molar-refractivity contribution in [2.24, 2.45) is 4.99 Å². The summed E-state index contributed by atoms with van der Waals surface area (Å²) in [7, 11) is 3.84. The maximum Gasteiger partial charge on any atom is 0.191 e. The van der Waals surface area contributed by atoms with Crippen LogP contribution in [0.2, 0.25) is 0 Å². The highest BCUT2D eigenvalue weighted by Crippen LogP contribution is 1.98. The highest BCUT2D eigenvalue weighted by atomic mass is 127. The van der Waals surface area contributed by atoms with Crippen LogP contribution in [0.4, 0.5) is 0 Å². The first kappa shape index (κ1) is 23.5. The Labute approximate surface area is 152 Å². The van der Waals surface area contributed by atoms with Gasteiger partial charge in [-0.3, -0.25) is 4.99 Å². The molecule has 2 N–H and O–H groups in total. The van der Waals surface area contributed by atoms with Crippen LogP contribution >= 0.6 is 35.7 Å². The number of aliphatic imine (C=N–C) groups is 1. The number of halogens is 1. The molecule has 0 aromatic rings. The molecule has 0 aliphatic heterocycles. The molecule has 0 bridgehead atoms. The zero-order chi connectivity index (χ0) is 15.1. The molecular weight excluding hydrogens is 399 g/mol. The average molecular weight is 432 g/mol. The molecule has 0 saturated heterocycles. The minimum Gasteiger partial charge on any atom is -0.383 e. The van der Waals surface area contributed by atoms with E-state index in [-0.39, 0.29) is 24.0 Å². The van der Waals surface area contributed by atoms with E-state index < -0.39 is 0 Å². The summed E-state index contributed by atoms with van der Waals surface area (Å²) in [5.74, 6) is 2.15. The van der Waals surface area contributed by atoms with E-state index in [1.54, 1.807) is 7.11 Å². The Morgan fingerprint density at radius 2 is 2.00 bits per heavy atom. The molecule has 5 nitrogen and oxygen atoms in total. The molecule has 0 aromatic heterocycles. The molecule has 0 saturated carbocycles. The number of thioether (sulfide) groups is 1. The summed E-state index contributed by atoms with van der Waals surface area (Å²) in [6.07, 6.45) is 4.55. The maximum atomic E-state index is 5.06. The van der Waals surface area contributed by atoms with Crippen LogP contribution in [0, 0.1) is 0 Å². The van der Waals surface area contributed by atoms with Crippen LogP contribution in [-0.2, 0) is 4.74 Å². The molecule has 0 atom stereocenters. The van der Waals surface area contributed by atoms with Crippen molar-refractivity contribution in [2.45, 2.75) is 19.8 Å². The summed E-state index contributed by atoms with van der Waals surface area (Å²) in [6.45, 7) is 7.51. The lowest BCUT2D eigenvalue weighted by Crippen LogP contribution is -2.41. The largest absolute Gasteiger partial charge is 0.383 e. The lowest BCUT2D eigenvalue weighted by atomic mass is 10.3. The van der Waals surface area contributed by atoms with Crippen molar-refractivity contribution >= 4 is 41.7 Å². The lowest BCUT2D eigenvalue weighted by molar-refractivity contribution is 0.162. The van der Waals surface area contributed by atoms with E-state index in [2.05, 4.69) is 40.8 Å². The molecule has 0 spiro atoms. The highest BCUT2D eigenvalue weighted by Gasteiger charge is 1.99. The maximum absolute atomic E-state index is 5.06. The minimum atomic E-state index is 0. The van der Waals surface area contributed by atoms with E-state index in [4.69, 9.17) is 4.74 Å². The van der Waals surface area contributed by atoms with E-state index in [9.17, 15) is 0 Å². The second-order valence-electron chi connectivity index (χ2n) is 4.68. The fourth-order valence-corrected chi connectivity index (χ4v) is 2.11. The number of hydrogen-bond donors (Lipinski definition) is 2. The number of unbranched alkanes of at least 4 members (excludes halogenated alkanes) is 1. The number of likely N-dealkylation sites (N-methyl/N-ethyl adjacent to an activating group) is 1. The van der Waals surface area contributed by atoms with E-state index in [0.717, 1.165) is 51.7 Å². The van der Waals surface area contributed by atoms with Gasteiger partial charge in [0.25, 0.3) is 0 Å². The van der Waals surface area contributed by atoms with Crippen LogP contribution in [0.1, 0.15) is 19.8 Å². The van der Waals surface area contributed by atoms with Gasteiger partial charge in [-0.25, -0.2) is 0 Å². The van der Waals surface area contributed by atoms with Crippen LogP contribution in [0.5, 0.6) is 0 Å². The van der Waals surface area contributed by atoms with Gasteiger partial charge in [-0.05, 0) is 38.8 Å². The lowest BCUT2D eigenvalue weighted by Gasteiger charge is -2.17. The summed E-state index contributed by atoms with van der Waals surface area (Å²) in [6, 6.07) is 0. The molecule has 0 fully saturated rings. The van der Waals surface area contributed by atoms with Crippen LogP contribution in [-0.4, -0.2) is 76.4 Å². The SMILES string of the molecule is CCNC(=NCCCCSC)NCCN(C)CCOC.I. The quantitative estimate of drug-likeness (QED) is 0.214. The van der Waals surface area contributed by atoms with Crippen molar-refractivity contribution in [1.82, 2.24) is 15.5 Å². The van der Waals surface area contributed by atoms with Gasteiger partial charge in [0.15, 0.2) is 5.96 Å². The predicted molar refractivity (Wildman–Crippen MR) is 106 cm³/mol. The predicted octanol–water partition coefficient (Wildman–Crippen LogP) is 1.88. The second kappa shape index (κ2) is 18.3. The van der Waals surface area contributed by atoms with Crippen molar-refractivity contribution in [3.8, 4) is 0 Å². The fourth-order valence-electron chi connectivity index (χ4n) is 1.61. The molecule has 0 rings (SSSR count). The second-order valence-corrected chi connectivity index (χ2v) is 5.67. The fraction of sp³-hybridized carbons (Fsp3) is 0.929. The number of nitrogens with one attached hydrogen (secondary N) is 2. The Morgan fingerprint density at radius 3 is 2.62 bits per heavy atom. The number of ether oxygens (including phenoxy) is 1. The first-order valence-electron chi connectivity index (χ1n) is 7.43. The molecule has 0 aliphatic carbocycles. The summed E-state index contributed by atoms with van der Waals surface area (Å²) in [4.78, 5) is 6.83. The zero-order valence-electron chi connectivity index (χ0n) is 14.0. The van der Waals surface area contributed by atoms with Crippen molar-refractivity contribution in [3.63, 3.8) is 0 Å². The Kier molecular flexibility index (Phi) is 20.5. The first-order chi connectivity index (χ1) is 9.74. The van der Waals surface area contributed by atoms with Gasteiger partial charge in [0.05, 0.1) is 6.61 Å². The molecule has 0 amide bonds. The third-order valence-electron chi connectivity index (χ3n) is 2.83. The standard InChI is InChI=1S/C14H32N4OS.HI/c1-5-15-14(16-8-6-7-13-20-4)17-9-10-18(2)11-12-19-3;/h5-13H2,1-4H3,(H2,15,16,17);1H. The van der Waals surface area contributed by atoms with Crippen LogP contribution < -0.4 is 10.6 Å².